The molecule has 6 aliphatic heterocycles. The number of methoxy groups -OCH3 is 1. The highest BCUT2D eigenvalue weighted by Crippen LogP contribution is 2.51. The molecule has 6 unspecified atom stereocenters. The van der Waals surface area contributed by atoms with Crippen LogP contribution in [0.5, 0.6) is 0 Å². The number of ether oxygens (including phenoxy) is 8. The van der Waals surface area contributed by atoms with Crippen molar-refractivity contribution in [2.45, 2.75) is 394 Å². The van der Waals surface area contributed by atoms with E-state index in [4.69, 9.17) is 66.6 Å². The monoisotopic (exact) mass is 1660 g/mol. The summed E-state index contributed by atoms with van der Waals surface area (Å²) in [4.78, 5) is 17.0. The van der Waals surface area contributed by atoms with E-state index in [1.165, 1.54) is 0 Å². The van der Waals surface area contributed by atoms with Gasteiger partial charge >= 0.3 is 0 Å². The van der Waals surface area contributed by atoms with Crippen LogP contribution < -0.4 is 0 Å². The van der Waals surface area contributed by atoms with Crippen LogP contribution in [0.25, 0.3) is 0 Å². The maximum atomic E-state index is 16.9. The predicted octanol–water partition coefficient (Wildman–Crippen LogP) is 19.3. The number of halogens is 1. The minimum absolute atomic E-state index is 0.00782. The number of hydrogen-bond donors (Lipinski definition) is 1. The van der Waals surface area contributed by atoms with Crippen molar-refractivity contribution in [2.75, 3.05) is 26.9 Å². The van der Waals surface area contributed by atoms with Gasteiger partial charge in [0, 0.05) is 38.7 Å². The molecule has 0 radical (unpaired) electrons. The topological polar surface area (TPSA) is 171 Å². The lowest BCUT2D eigenvalue weighted by Gasteiger charge is -2.56. The van der Waals surface area contributed by atoms with Crippen LogP contribution in [0.3, 0.4) is 0 Å². The molecule has 18 atom stereocenters. The van der Waals surface area contributed by atoms with Gasteiger partial charge in [-0.25, -0.2) is 8.42 Å². The number of hydrogen-bond acceptors (Lipinski definition) is 16. The first-order valence-electron chi connectivity index (χ1n) is 39.1. The van der Waals surface area contributed by atoms with Crippen molar-refractivity contribution in [3.8, 4) is 0 Å². The Hall–Kier alpha value is -0.646. The average Bonchev–Trinajstić information content (AvgIpc) is 1.32. The molecule has 6 saturated heterocycles. The molecule has 0 saturated carbocycles. The fourth-order valence-corrected chi connectivity index (χ4v) is 21.7. The van der Waals surface area contributed by atoms with Gasteiger partial charge in [-0.1, -0.05) is 166 Å². The lowest BCUT2D eigenvalue weighted by atomic mass is 9.77. The molecule has 1 aromatic rings. The second kappa shape index (κ2) is 35.2. The van der Waals surface area contributed by atoms with Gasteiger partial charge in [0.1, 0.15) is 30.2 Å². The number of carbonyl (C=O) groups excluding carboxylic acids is 1. The van der Waals surface area contributed by atoms with E-state index in [1.807, 2.05) is 16.2 Å². The summed E-state index contributed by atoms with van der Waals surface area (Å²) in [6, 6.07) is 5.48. The van der Waals surface area contributed by atoms with E-state index in [2.05, 4.69) is 218 Å². The molecule has 0 bridgehead atoms. The van der Waals surface area contributed by atoms with E-state index >= 15 is 4.79 Å². The Morgan fingerprint density at radius 1 is 0.670 bits per heavy atom. The van der Waals surface area contributed by atoms with E-state index in [9.17, 15) is 8.42 Å². The number of ketones is 1. The standard InChI is InChI=1S/C80H143IO16SSi5/c1-31-54-32-38-68(98(83)84)59(46-54)70(62-36-37-63-72(92-62)74(96-102(27,28)79(14,15)16)75(97-103(29,30)80(17,18)19)73(93-63)64(40-41-81)95-101(25,26)78(11,12)13)60(82)48-58-66(91-67(71(58)85-20)47-57(94-100(23,24)77(8,9)10)50-88-99(21,22)76(5,6)7)49-65-53(4)51(2)44-55(90-65)33-35-61-52(3)45-56(89-61)34-39-69-86-42-43-87-69/h32,38,40-41,46,51,55-58,61-67,69-75,98H,3-4,31,33-37,39,42-45,47-50H2,1-2,5-30H3/b41-40+/t51-,55+,56+,57?,58?,61+,62-,63+,64?,65-,66+,67-,70?,71-,72+,73+,74?,75?/m1/s1. The second-order valence-electron chi connectivity index (χ2n) is 38.9. The van der Waals surface area contributed by atoms with Crippen LogP contribution in [0, 0.1) is 11.8 Å². The summed E-state index contributed by atoms with van der Waals surface area (Å²) in [7, 11) is -14.0. The molecule has 0 spiro atoms. The number of carbonyl (C=O) groups is 1. The molecule has 592 valence electrons. The summed E-state index contributed by atoms with van der Waals surface area (Å²) >= 11 is 2.30. The summed E-state index contributed by atoms with van der Waals surface area (Å²) in [5.41, 5.74) is 3.47. The normalized spacial score (nSPS) is 30.4. The summed E-state index contributed by atoms with van der Waals surface area (Å²) in [6.45, 7) is 71.9. The third-order valence-electron chi connectivity index (χ3n) is 26.2. The molecule has 0 aliphatic carbocycles. The first-order chi connectivity index (χ1) is 47.3. The molecule has 7 rings (SSSR count). The number of fused-ring (bicyclic) bond motifs is 1. The number of thiol groups is 1. The van der Waals surface area contributed by atoms with E-state index in [1.54, 1.807) is 13.2 Å². The Morgan fingerprint density at radius 2 is 1.23 bits per heavy atom. The fourth-order valence-electron chi connectivity index (χ4n) is 14.5. The third kappa shape index (κ3) is 22.2. The second-order valence-corrected chi connectivity index (χ2v) is 64.4. The van der Waals surface area contributed by atoms with Gasteiger partial charge < -0.3 is 60.0 Å². The van der Waals surface area contributed by atoms with Crippen molar-refractivity contribution in [3.63, 3.8) is 0 Å². The number of aryl methyl sites for hydroxylation is 1. The molecule has 0 amide bonds. The van der Waals surface area contributed by atoms with Gasteiger partial charge in [-0.2, -0.15) is 0 Å². The van der Waals surface area contributed by atoms with Crippen molar-refractivity contribution in [2.24, 2.45) is 11.8 Å². The number of Topliss-reactive ketones (excluding diaryl/α,β-unsaturated/α-hetero) is 1. The quantitative estimate of drug-likeness (QED) is 0.0322. The molecule has 103 heavy (non-hydrogen) atoms. The fraction of sp³-hybridized carbons (Fsp3) is 0.838. The Kier molecular flexibility index (Phi) is 30.6. The smallest absolute Gasteiger partial charge is 0.193 e. The van der Waals surface area contributed by atoms with Crippen LogP contribution in [0.15, 0.2) is 57.6 Å². The van der Waals surface area contributed by atoms with Gasteiger partial charge in [0.15, 0.2) is 58.6 Å². The summed E-state index contributed by atoms with van der Waals surface area (Å²) in [6.07, 6.45) is 2.30. The van der Waals surface area contributed by atoms with Gasteiger partial charge in [-0.3, -0.25) is 4.79 Å². The number of benzene rings is 1. The summed E-state index contributed by atoms with van der Waals surface area (Å²) in [5.74, 6) is -1.57. The Labute approximate surface area is 645 Å². The lowest BCUT2D eigenvalue weighted by Crippen LogP contribution is -2.69. The van der Waals surface area contributed by atoms with Crippen molar-refractivity contribution < 1.29 is 73.2 Å². The highest BCUT2D eigenvalue weighted by atomic mass is 127. The number of rotatable bonds is 31. The Balaban J connectivity index is 1.33. The molecule has 6 heterocycles. The van der Waals surface area contributed by atoms with E-state index in [0.29, 0.717) is 57.5 Å². The molecular formula is C80H143IO16SSi5. The SMILES string of the molecule is C=C1C[C@H](CCC2OCCO2)O[C@H]1CC[C@H]1C[C@@H](C)C(=C)[C@@H](C[C@@H]2O[C@H](CC(CO[Si](C)(C)C(C)(C)C)O[Si](C)(C)C(C)(C)C)[C@H](OC)C2CC(=O)C(c2cc(CC)ccc2[SH](=O)=O)[C@H]2CC[C@@H]3O[C@@H](C(/C=C/I)O[Si](C)(C)C(C)(C)C)C(O[Si](C)(C)C(C)(C)C)C(O[Si](C)(C)C(C)(C)C)[C@H]3O2)O1. The van der Waals surface area contributed by atoms with Crippen LogP contribution >= 0.6 is 22.6 Å². The highest BCUT2D eigenvalue weighted by Gasteiger charge is 2.60. The maximum Gasteiger partial charge on any atom is 0.193 e. The Morgan fingerprint density at radius 3 is 1.79 bits per heavy atom. The van der Waals surface area contributed by atoms with Crippen LogP contribution in [0.2, 0.25) is 90.7 Å². The molecule has 16 nitrogen and oxygen atoms in total. The molecule has 1 aromatic carbocycles. The zero-order chi connectivity index (χ0) is 77.3. The van der Waals surface area contributed by atoms with Crippen molar-refractivity contribution in [1.29, 1.82) is 0 Å². The molecule has 0 N–H and O–H groups in total. The van der Waals surface area contributed by atoms with Crippen LogP contribution in [-0.4, -0.2) is 181 Å². The van der Waals surface area contributed by atoms with E-state index in [0.717, 1.165) is 55.2 Å². The van der Waals surface area contributed by atoms with E-state index < -0.39 is 131 Å². The lowest BCUT2D eigenvalue weighted by molar-refractivity contribution is -0.268. The first-order valence-corrected chi connectivity index (χ1v) is 56.1. The molecule has 23 heteroatoms. The van der Waals surface area contributed by atoms with Crippen molar-refractivity contribution in [1.82, 2.24) is 0 Å². The maximum absolute atomic E-state index is 16.9. The van der Waals surface area contributed by atoms with E-state index in [-0.39, 0.29) is 78.9 Å². The van der Waals surface area contributed by atoms with Gasteiger partial charge in [0.05, 0.1) is 97.8 Å². The largest absolute Gasteiger partial charge is 0.414 e. The average molecular weight is 1660 g/mol. The van der Waals surface area contributed by atoms with Crippen LogP contribution in [-0.2, 0) is 81.9 Å². The minimum atomic E-state index is -3.18. The van der Waals surface area contributed by atoms with Gasteiger partial charge in [-0.15, -0.1) is 0 Å². The molecular weight excluding hydrogens is 1520 g/mol. The van der Waals surface area contributed by atoms with Crippen molar-refractivity contribution in [3.05, 3.63) is 63.8 Å². The highest BCUT2D eigenvalue weighted by molar-refractivity contribution is 14.1. The van der Waals surface area contributed by atoms with Crippen LogP contribution in [0.1, 0.15) is 205 Å². The molecule has 6 fully saturated rings. The zero-order valence-corrected chi connectivity index (χ0v) is 77.3. The molecule has 0 aromatic heterocycles. The summed E-state index contributed by atoms with van der Waals surface area (Å²) < 4.78 is 123. The minimum Gasteiger partial charge on any atom is -0.414 e. The zero-order valence-electron chi connectivity index (χ0n) is 69.2. The van der Waals surface area contributed by atoms with Gasteiger partial charge in [0.2, 0.25) is 0 Å². The summed E-state index contributed by atoms with van der Waals surface area (Å²) in [5, 5.41) is -0.674. The third-order valence-corrected chi connectivity index (χ3v) is 49.9. The predicted molar refractivity (Wildman–Crippen MR) is 438 cm³/mol. The Bertz CT molecular complexity index is 3090. The van der Waals surface area contributed by atoms with Gasteiger partial charge in [-0.05, 0) is 186 Å². The molecule has 6 aliphatic rings. The van der Waals surface area contributed by atoms with Gasteiger partial charge in [0.25, 0.3) is 0 Å². The van der Waals surface area contributed by atoms with Crippen LogP contribution in [0.4, 0.5) is 0 Å². The van der Waals surface area contributed by atoms with Crippen molar-refractivity contribution >= 4 is 80.7 Å². The first kappa shape index (κ1) is 89.6.